The summed E-state index contributed by atoms with van der Waals surface area (Å²) < 4.78 is 14.0. The molecule has 206 valence electrons. The summed E-state index contributed by atoms with van der Waals surface area (Å²) in [4.78, 5) is 37.6. The van der Waals surface area contributed by atoms with E-state index in [1.165, 1.54) is 24.1 Å². The fourth-order valence-electron chi connectivity index (χ4n) is 4.82. The number of fused-ring (bicyclic) bond motifs is 1. The van der Waals surface area contributed by atoms with E-state index in [1.807, 2.05) is 0 Å². The van der Waals surface area contributed by atoms with E-state index in [9.17, 15) is 9.59 Å². The van der Waals surface area contributed by atoms with Gasteiger partial charge in [0, 0.05) is 54.0 Å². The largest absolute Gasteiger partial charge is 0.478 e. The number of carbonyl (C=O) groups is 1. The number of imidazole rings is 1. The lowest BCUT2D eigenvalue weighted by molar-refractivity contribution is -0.143. The summed E-state index contributed by atoms with van der Waals surface area (Å²) >= 11 is 0. The molecule has 0 aromatic carbocycles. The SMILES string of the molecule is CCOC(=O)C[C@@H](c1ccc(OCCCN=[N+]=[N-])nc1)n1ccn(CCCc2ccc3c(n2)CCCC3)c1=O. The van der Waals surface area contributed by atoms with Crippen molar-refractivity contribution in [1.82, 2.24) is 19.1 Å². The van der Waals surface area contributed by atoms with Crippen LogP contribution in [-0.2, 0) is 35.3 Å². The lowest BCUT2D eigenvalue weighted by Crippen LogP contribution is -2.29. The first kappa shape index (κ1) is 27.9. The summed E-state index contributed by atoms with van der Waals surface area (Å²) in [5.74, 6) is 0.0225. The first-order chi connectivity index (χ1) is 19.1. The molecule has 3 aromatic rings. The number of hydrogen-bond acceptors (Lipinski definition) is 7. The molecule has 3 aromatic heterocycles. The number of nitrogens with zero attached hydrogens (tertiary/aromatic N) is 7. The van der Waals surface area contributed by atoms with Crippen LogP contribution in [0.3, 0.4) is 0 Å². The number of azide groups is 1. The highest BCUT2D eigenvalue weighted by atomic mass is 16.5. The van der Waals surface area contributed by atoms with Gasteiger partial charge in [-0.15, -0.1) is 0 Å². The van der Waals surface area contributed by atoms with Crippen LogP contribution in [0.5, 0.6) is 5.88 Å². The van der Waals surface area contributed by atoms with E-state index in [0.717, 1.165) is 31.4 Å². The fraction of sp³-hybridized carbons (Fsp3) is 0.500. The first-order valence-electron chi connectivity index (χ1n) is 13.6. The third-order valence-electron chi connectivity index (χ3n) is 6.80. The topological polar surface area (TPSA) is 137 Å². The zero-order valence-corrected chi connectivity index (χ0v) is 22.4. The van der Waals surface area contributed by atoms with Gasteiger partial charge in [-0.1, -0.05) is 17.2 Å². The van der Waals surface area contributed by atoms with Crippen molar-refractivity contribution in [1.29, 1.82) is 0 Å². The van der Waals surface area contributed by atoms with Gasteiger partial charge in [-0.25, -0.2) is 9.78 Å². The van der Waals surface area contributed by atoms with Gasteiger partial charge in [-0.3, -0.25) is 18.9 Å². The number of pyridine rings is 2. The van der Waals surface area contributed by atoms with Crippen LogP contribution in [0.25, 0.3) is 10.4 Å². The second-order valence-corrected chi connectivity index (χ2v) is 9.51. The molecule has 0 unspecified atom stereocenters. The number of esters is 1. The molecule has 0 bridgehead atoms. The molecule has 0 spiro atoms. The van der Waals surface area contributed by atoms with Crippen molar-refractivity contribution in [2.45, 2.75) is 70.9 Å². The number of aryl methyl sites for hydroxylation is 4. The Morgan fingerprint density at radius 2 is 2.05 bits per heavy atom. The molecule has 39 heavy (non-hydrogen) atoms. The minimum Gasteiger partial charge on any atom is -0.478 e. The van der Waals surface area contributed by atoms with Gasteiger partial charge in [-0.2, -0.15) is 0 Å². The van der Waals surface area contributed by atoms with Crippen molar-refractivity contribution in [3.8, 4) is 5.88 Å². The van der Waals surface area contributed by atoms with Gasteiger partial charge in [-0.05, 0) is 74.6 Å². The molecule has 1 aliphatic carbocycles. The van der Waals surface area contributed by atoms with Gasteiger partial charge >= 0.3 is 11.7 Å². The van der Waals surface area contributed by atoms with Crippen LogP contribution in [0.2, 0.25) is 0 Å². The van der Waals surface area contributed by atoms with Crippen molar-refractivity contribution in [2.24, 2.45) is 5.11 Å². The van der Waals surface area contributed by atoms with Gasteiger partial charge in [0.15, 0.2) is 0 Å². The molecule has 0 amide bonds. The quantitative estimate of drug-likeness (QED) is 0.0978. The predicted octanol–water partition coefficient (Wildman–Crippen LogP) is 4.57. The Balaban J connectivity index is 1.42. The summed E-state index contributed by atoms with van der Waals surface area (Å²) in [6.07, 6.45) is 11.8. The van der Waals surface area contributed by atoms with Crippen LogP contribution < -0.4 is 10.4 Å². The molecular weight excluding hydrogens is 498 g/mol. The van der Waals surface area contributed by atoms with E-state index in [-0.39, 0.29) is 24.7 Å². The van der Waals surface area contributed by atoms with E-state index in [1.54, 1.807) is 46.8 Å². The minimum absolute atomic E-state index is 0.00481. The van der Waals surface area contributed by atoms with Crippen molar-refractivity contribution in [3.63, 3.8) is 0 Å². The van der Waals surface area contributed by atoms with Crippen molar-refractivity contribution in [2.75, 3.05) is 19.8 Å². The third kappa shape index (κ3) is 7.70. The zero-order valence-electron chi connectivity index (χ0n) is 22.4. The molecule has 11 heteroatoms. The molecule has 11 nitrogen and oxygen atoms in total. The summed E-state index contributed by atoms with van der Waals surface area (Å²) in [5, 5.41) is 3.47. The van der Waals surface area contributed by atoms with Crippen LogP contribution >= 0.6 is 0 Å². The zero-order chi connectivity index (χ0) is 27.5. The van der Waals surface area contributed by atoms with E-state index < -0.39 is 6.04 Å². The highest BCUT2D eigenvalue weighted by Gasteiger charge is 2.22. The second-order valence-electron chi connectivity index (χ2n) is 9.51. The molecule has 0 aliphatic heterocycles. The summed E-state index contributed by atoms with van der Waals surface area (Å²) in [7, 11) is 0. The minimum atomic E-state index is -0.563. The Bertz CT molecular complexity index is 1340. The standard InChI is InChI=1S/C28H35N7O4/c1-2-38-27(36)19-25(22-11-13-26(30-20-22)39-18-6-14-31-33-29)35-17-16-34(28(35)37)15-5-8-23-12-10-21-7-3-4-9-24(21)32-23/h10-13,16-17,20,25H,2-9,14-15,18-19H2,1H3/t25-/m0/s1. The number of hydrogen-bond donors (Lipinski definition) is 0. The summed E-state index contributed by atoms with van der Waals surface area (Å²) in [6, 6.07) is 7.24. The number of rotatable bonds is 14. The molecule has 0 fully saturated rings. The van der Waals surface area contributed by atoms with E-state index in [2.05, 4.69) is 27.1 Å². The Kier molecular flexibility index (Phi) is 10.1. The monoisotopic (exact) mass is 533 g/mol. The Morgan fingerprint density at radius 3 is 2.85 bits per heavy atom. The van der Waals surface area contributed by atoms with Gasteiger partial charge in [0.1, 0.15) is 0 Å². The third-order valence-corrected chi connectivity index (χ3v) is 6.80. The molecular formula is C28H35N7O4. The van der Waals surface area contributed by atoms with E-state index >= 15 is 0 Å². The molecule has 1 aliphatic rings. The van der Waals surface area contributed by atoms with Crippen molar-refractivity contribution < 1.29 is 14.3 Å². The maximum absolute atomic E-state index is 13.3. The Hall–Kier alpha value is -4.11. The maximum atomic E-state index is 13.3. The molecule has 0 N–H and O–H groups in total. The summed E-state index contributed by atoms with van der Waals surface area (Å²) in [5.41, 5.74) is 12.5. The van der Waals surface area contributed by atoms with Crippen LogP contribution in [0.15, 0.2) is 52.8 Å². The molecule has 0 saturated heterocycles. The number of ether oxygens (including phenoxy) is 2. The van der Waals surface area contributed by atoms with Crippen LogP contribution in [0, 0.1) is 0 Å². The van der Waals surface area contributed by atoms with Gasteiger partial charge < -0.3 is 9.47 Å². The van der Waals surface area contributed by atoms with Crippen LogP contribution in [-0.4, -0.2) is 44.8 Å². The molecule has 3 heterocycles. The van der Waals surface area contributed by atoms with Gasteiger partial charge in [0.25, 0.3) is 0 Å². The van der Waals surface area contributed by atoms with Gasteiger partial charge in [0.2, 0.25) is 5.88 Å². The fourth-order valence-corrected chi connectivity index (χ4v) is 4.82. The van der Waals surface area contributed by atoms with Crippen LogP contribution in [0.1, 0.15) is 67.6 Å². The predicted molar refractivity (Wildman–Crippen MR) is 146 cm³/mol. The highest BCUT2D eigenvalue weighted by molar-refractivity contribution is 5.70. The number of carbonyl (C=O) groups excluding carboxylic acids is 1. The van der Waals surface area contributed by atoms with Gasteiger partial charge in [0.05, 0.1) is 25.7 Å². The number of aromatic nitrogens is 4. The Labute approximate surface area is 227 Å². The average Bonchev–Trinajstić information content (AvgIpc) is 3.31. The molecule has 0 radical (unpaired) electrons. The highest BCUT2D eigenvalue weighted by Crippen LogP contribution is 2.23. The molecule has 0 saturated carbocycles. The van der Waals surface area contributed by atoms with Crippen molar-refractivity contribution >= 4 is 5.97 Å². The van der Waals surface area contributed by atoms with E-state index in [4.69, 9.17) is 20.0 Å². The second kappa shape index (κ2) is 14.2. The maximum Gasteiger partial charge on any atom is 0.328 e. The summed E-state index contributed by atoms with van der Waals surface area (Å²) in [6.45, 7) is 3.28. The first-order valence-corrected chi connectivity index (χ1v) is 13.6. The average molecular weight is 534 g/mol. The smallest absolute Gasteiger partial charge is 0.328 e. The van der Waals surface area contributed by atoms with E-state index in [0.29, 0.717) is 37.6 Å². The lowest BCUT2D eigenvalue weighted by Gasteiger charge is -2.18. The molecule has 1 atom stereocenters. The lowest BCUT2D eigenvalue weighted by atomic mass is 9.95. The normalized spacial score (nSPS) is 13.3. The van der Waals surface area contributed by atoms with Crippen molar-refractivity contribution in [3.05, 3.63) is 86.3 Å². The van der Waals surface area contributed by atoms with Crippen LogP contribution in [0.4, 0.5) is 0 Å². The molecule has 4 rings (SSSR count). The Morgan fingerprint density at radius 1 is 1.18 bits per heavy atom.